The number of benzene rings is 2. The number of carbonyl (C=O) groups excluding carboxylic acids is 3. The zero-order valence-corrected chi connectivity index (χ0v) is 25.1. The quantitative estimate of drug-likeness (QED) is 0.112. The van der Waals surface area contributed by atoms with Crippen LogP contribution < -0.4 is 0 Å². The van der Waals surface area contributed by atoms with Crippen LogP contribution in [0.1, 0.15) is 61.3 Å². The molecule has 0 unspecified atom stereocenters. The van der Waals surface area contributed by atoms with E-state index < -0.39 is 17.7 Å². The Kier molecular flexibility index (Phi) is 9.56. The number of hydrogen-bond acceptors (Lipinski definition) is 7. The minimum Gasteiger partial charge on any atom is -0.462 e. The number of rotatable bonds is 10. The Morgan fingerprint density at radius 1 is 0.905 bits per heavy atom. The van der Waals surface area contributed by atoms with Gasteiger partial charge in [-0.3, -0.25) is 4.79 Å². The van der Waals surface area contributed by atoms with Crippen LogP contribution in [0, 0.1) is 32.1 Å². The highest BCUT2D eigenvalue weighted by Crippen LogP contribution is 2.32. The van der Waals surface area contributed by atoms with Gasteiger partial charge < -0.3 is 14.0 Å². The molecule has 0 saturated heterocycles. The highest BCUT2D eigenvalue weighted by Gasteiger charge is 2.28. The van der Waals surface area contributed by atoms with Gasteiger partial charge >= 0.3 is 11.9 Å². The molecule has 2 heterocycles. The van der Waals surface area contributed by atoms with Gasteiger partial charge in [-0.25, -0.2) is 9.59 Å². The smallest absolute Gasteiger partial charge is 0.348 e. The number of aromatic nitrogens is 1. The van der Waals surface area contributed by atoms with Gasteiger partial charge in [0.1, 0.15) is 10.9 Å². The van der Waals surface area contributed by atoms with Crippen molar-refractivity contribution in [2.75, 3.05) is 13.2 Å². The molecular weight excluding hydrogens is 548 g/mol. The van der Waals surface area contributed by atoms with Crippen LogP contribution in [0.15, 0.2) is 66.2 Å². The number of hydrogen-bond donors (Lipinski definition) is 0. The summed E-state index contributed by atoms with van der Waals surface area (Å²) in [6, 6.07) is 22.3. The molecule has 0 spiro atoms. The molecule has 0 radical (unpaired) electrons. The van der Waals surface area contributed by atoms with Crippen molar-refractivity contribution in [2.24, 2.45) is 0 Å². The molecule has 42 heavy (non-hydrogen) atoms. The molecule has 0 saturated carbocycles. The zero-order valence-electron chi connectivity index (χ0n) is 24.3. The SMILES string of the molecule is CCOC(=O)c1sc(CC(=O)/C(C#N)=C/c2cc(C)n(-c3ccc(-c4ccccc4)cc3)c2C)c(C(=O)OCC)c1C. The second kappa shape index (κ2) is 13.3. The summed E-state index contributed by atoms with van der Waals surface area (Å²) in [4.78, 5) is 39.2. The van der Waals surface area contributed by atoms with Crippen LogP contribution in [0.5, 0.6) is 0 Å². The Balaban J connectivity index is 1.64. The lowest BCUT2D eigenvalue weighted by molar-refractivity contribution is -0.114. The molecule has 8 heteroatoms. The molecule has 0 N–H and O–H groups in total. The van der Waals surface area contributed by atoms with Crippen LogP contribution in [0.25, 0.3) is 22.9 Å². The van der Waals surface area contributed by atoms with E-state index in [1.165, 1.54) is 0 Å². The van der Waals surface area contributed by atoms with Crippen LogP contribution >= 0.6 is 11.3 Å². The largest absolute Gasteiger partial charge is 0.462 e. The minimum absolute atomic E-state index is 0.0479. The van der Waals surface area contributed by atoms with Gasteiger partial charge in [-0.1, -0.05) is 42.5 Å². The van der Waals surface area contributed by atoms with Crippen molar-refractivity contribution in [1.29, 1.82) is 5.26 Å². The number of ketones is 1. The summed E-state index contributed by atoms with van der Waals surface area (Å²) in [5.41, 5.74) is 6.31. The van der Waals surface area contributed by atoms with Crippen LogP contribution in [-0.2, 0) is 20.7 Å². The van der Waals surface area contributed by atoms with Crippen LogP contribution in [0.3, 0.4) is 0 Å². The normalized spacial score (nSPS) is 11.2. The predicted octanol–water partition coefficient (Wildman–Crippen LogP) is 7.20. The van der Waals surface area contributed by atoms with Crippen LogP contribution in [-0.4, -0.2) is 35.5 Å². The first-order chi connectivity index (χ1) is 20.2. The van der Waals surface area contributed by atoms with Gasteiger partial charge in [-0.05, 0) is 81.1 Å². The third-order valence-electron chi connectivity index (χ3n) is 6.90. The fourth-order valence-electron chi connectivity index (χ4n) is 4.90. The fraction of sp³-hybridized carbons (Fsp3) is 0.235. The highest BCUT2D eigenvalue weighted by molar-refractivity contribution is 7.14. The molecule has 7 nitrogen and oxygen atoms in total. The maximum Gasteiger partial charge on any atom is 0.348 e. The first kappa shape index (κ1) is 30.2. The fourth-order valence-corrected chi connectivity index (χ4v) is 6.08. The molecule has 4 aromatic rings. The van der Waals surface area contributed by atoms with Crippen molar-refractivity contribution in [3.63, 3.8) is 0 Å². The van der Waals surface area contributed by atoms with Gasteiger partial charge in [0.05, 0.1) is 24.4 Å². The maximum atomic E-state index is 13.4. The third-order valence-corrected chi connectivity index (χ3v) is 8.18. The Morgan fingerprint density at radius 2 is 1.52 bits per heavy atom. The van der Waals surface area contributed by atoms with E-state index in [1.54, 1.807) is 26.8 Å². The van der Waals surface area contributed by atoms with Gasteiger partial charge in [-0.2, -0.15) is 5.26 Å². The summed E-state index contributed by atoms with van der Waals surface area (Å²) < 4.78 is 12.4. The van der Waals surface area contributed by atoms with Crippen LogP contribution in [0.4, 0.5) is 0 Å². The average Bonchev–Trinajstić information content (AvgIpc) is 3.46. The molecule has 2 aromatic carbocycles. The molecule has 4 rings (SSSR count). The van der Waals surface area contributed by atoms with Gasteiger partial charge in [0.2, 0.25) is 0 Å². The molecule has 0 bridgehead atoms. The van der Waals surface area contributed by atoms with Gasteiger partial charge in [0.15, 0.2) is 5.78 Å². The Morgan fingerprint density at radius 3 is 2.14 bits per heavy atom. The number of nitriles is 1. The number of ether oxygens (including phenoxy) is 2. The van der Waals surface area contributed by atoms with E-state index >= 15 is 0 Å². The van der Waals surface area contributed by atoms with Crippen molar-refractivity contribution < 1.29 is 23.9 Å². The number of carbonyl (C=O) groups is 3. The summed E-state index contributed by atoms with van der Waals surface area (Å²) >= 11 is 1.02. The van der Waals surface area contributed by atoms with E-state index in [2.05, 4.69) is 28.8 Å². The second-order valence-electron chi connectivity index (χ2n) is 9.64. The van der Waals surface area contributed by atoms with Crippen molar-refractivity contribution >= 4 is 35.1 Å². The first-order valence-electron chi connectivity index (χ1n) is 13.7. The number of aryl methyl sites for hydroxylation is 1. The first-order valence-corrected chi connectivity index (χ1v) is 14.5. The summed E-state index contributed by atoms with van der Waals surface area (Å²) in [5, 5.41) is 9.93. The van der Waals surface area contributed by atoms with Crippen LogP contribution in [0.2, 0.25) is 0 Å². The average molecular weight is 581 g/mol. The minimum atomic E-state index is -0.617. The molecule has 0 atom stereocenters. The molecule has 214 valence electrons. The third kappa shape index (κ3) is 6.27. The Bertz CT molecular complexity index is 1700. The second-order valence-corrected chi connectivity index (χ2v) is 10.7. The van der Waals surface area contributed by atoms with E-state index in [1.807, 2.05) is 56.3 Å². The number of nitrogens with zero attached hydrogens (tertiary/aromatic N) is 2. The topological polar surface area (TPSA) is 98.4 Å². The number of thiophene rings is 1. The van der Waals surface area contributed by atoms with Crippen molar-refractivity contribution in [3.8, 4) is 22.9 Å². The summed E-state index contributed by atoms with van der Waals surface area (Å²) in [5.74, 6) is -1.64. The van der Waals surface area contributed by atoms with E-state index in [0.717, 1.165) is 45.1 Å². The van der Waals surface area contributed by atoms with Crippen molar-refractivity contribution in [3.05, 3.63) is 104 Å². The highest BCUT2D eigenvalue weighted by atomic mass is 32.1. The van der Waals surface area contributed by atoms with E-state index in [9.17, 15) is 19.6 Å². The summed E-state index contributed by atoms with van der Waals surface area (Å²) in [7, 11) is 0. The number of esters is 2. The summed E-state index contributed by atoms with van der Waals surface area (Å²) in [6.45, 7) is 9.24. The molecule has 0 fully saturated rings. The molecule has 0 aliphatic carbocycles. The Hall–Kier alpha value is -4.74. The molecule has 0 aliphatic rings. The van der Waals surface area contributed by atoms with Gasteiger partial charge in [0.25, 0.3) is 0 Å². The Labute approximate surface area is 249 Å². The monoisotopic (exact) mass is 580 g/mol. The van der Waals surface area contributed by atoms with Gasteiger partial charge in [-0.15, -0.1) is 11.3 Å². The number of Topliss-reactive ketones (excluding diaryl/α,β-unsaturated/α-hetero) is 1. The lowest BCUT2D eigenvalue weighted by Crippen LogP contribution is -2.12. The summed E-state index contributed by atoms with van der Waals surface area (Å²) in [6.07, 6.45) is 1.36. The maximum absolute atomic E-state index is 13.4. The van der Waals surface area contributed by atoms with Gasteiger partial charge in [0, 0.05) is 28.4 Å². The molecule has 2 aromatic heterocycles. The van der Waals surface area contributed by atoms with Crippen molar-refractivity contribution in [2.45, 2.75) is 41.0 Å². The predicted molar refractivity (Wildman–Crippen MR) is 164 cm³/mol. The standard InChI is InChI=1S/C34H32N2O5S/c1-6-40-33(38)31-22(4)32(34(39)41-7-2)42-30(31)19-29(37)27(20-35)18-26-17-21(3)36(23(26)5)28-15-13-25(14-16-28)24-11-9-8-10-12-24/h8-18H,6-7,19H2,1-5H3/b27-18+. The van der Waals surface area contributed by atoms with E-state index in [4.69, 9.17) is 9.47 Å². The lowest BCUT2D eigenvalue weighted by Gasteiger charge is -2.11. The molecular formula is C34H32N2O5S. The van der Waals surface area contributed by atoms with E-state index in [-0.39, 0.29) is 35.6 Å². The number of allylic oxidation sites excluding steroid dienone is 1. The van der Waals surface area contributed by atoms with E-state index in [0.29, 0.717) is 10.4 Å². The lowest BCUT2D eigenvalue weighted by atomic mass is 10.0. The molecule has 0 amide bonds. The zero-order chi connectivity index (χ0) is 30.4. The van der Waals surface area contributed by atoms with Crippen molar-refractivity contribution in [1.82, 2.24) is 4.57 Å². The molecule has 0 aliphatic heterocycles.